The van der Waals surface area contributed by atoms with Crippen molar-refractivity contribution in [2.24, 2.45) is 11.8 Å². The van der Waals surface area contributed by atoms with Crippen LogP contribution in [0, 0.1) is 11.8 Å². The van der Waals surface area contributed by atoms with Crippen molar-refractivity contribution in [1.82, 2.24) is 35.6 Å². The normalized spacial score (nSPS) is 26.4. The van der Waals surface area contributed by atoms with Gasteiger partial charge in [-0.2, -0.15) is 15.4 Å². The number of nitrogens with one attached hydrogen (secondary N) is 4. The summed E-state index contributed by atoms with van der Waals surface area (Å²) in [6, 6.07) is 13.3. The van der Waals surface area contributed by atoms with E-state index in [2.05, 4.69) is 53.0 Å². The number of carbonyl (C=O) groups excluding carboxylic acids is 2. The number of fused-ring (bicyclic) bond motifs is 4. The fourth-order valence-corrected chi connectivity index (χ4v) is 6.74. The average molecular weight is 511 g/mol. The molecule has 7 rings (SSSR count). The molecule has 2 amide bonds. The van der Waals surface area contributed by atoms with Crippen molar-refractivity contribution in [1.29, 1.82) is 0 Å². The van der Waals surface area contributed by atoms with Crippen LogP contribution < -0.4 is 10.6 Å². The number of H-pyrrole nitrogens is 2. The number of hydrogen-bond acceptors (Lipinski definition) is 6. The van der Waals surface area contributed by atoms with Crippen LogP contribution in [0.25, 0.3) is 11.0 Å². The Morgan fingerprint density at radius 3 is 2.76 bits per heavy atom. The Kier molecular flexibility index (Phi) is 5.60. The number of imidazole rings is 1. The van der Waals surface area contributed by atoms with E-state index in [0.717, 1.165) is 49.2 Å². The first-order chi connectivity index (χ1) is 18.7. The standard InChI is InChI=1S/C28H30N8O2/c37-27(16-9-10-22-23(15-16)34-35-33-22)32-21-8-4-2-6-18(21)28(38)36-14-11-19-24(26-29-12-13-30-26)31-20-7-3-1-5-17(20)25(19)36/h1,3,5,7,9-10,12-13,15,18-19,21,24-25,31H,2,4,6,8,11,14H2,(H,29,30)(H,32,37)(H,33,34,35)/t18-,19+,21+,24+,25-/m0/s1. The molecule has 4 heterocycles. The van der Waals surface area contributed by atoms with Crippen molar-refractivity contribution in [3.63, 3.8) is 0 Å². The summed E-state index contributed by atoms with van der Waals surface area (Å²) in [5.74, 6) is 0.834. The molecular formula is C28H30N8O2. The molecule has 2 aliphatic heterocycles. The van der Waals surface area contributed by atoms with Gasteiger partial charge < -0.3 is 20.5 Å². The SMILES string of the molecule is O=C(N[C@@H]1CCCC[C@@H]1C(=O)N1CC[C@@H]2[C@H](c3ncc[nH]3)Nc3ccccc3[C@@H]21)c1ccc2n[nH]nc2c1. The summed E-state index contributed by atoms with van der Waals surface area (Å²) in [5, 5.41) is 17.6. The van der Waals surface area contributed by atoms with Gasteiger partial charge in [-0.3, -0.25) is 9.59 Å². The van der Waals surface area contributed by atoms with Crippen LogP contribution in [0.2, 0.25) is 0 Å². The van der Waals surface area contributed by atoms with Crippen LogP contribution in [-0.2, 0) is 4.79 Å². The van der Waals surface area contributed by atoms with E-state index in [4.69, 9.17) is 0 Å². The van der Waals surface area contributed by atoms with Crippen LogP contribution in [0.4, 0.5) is 5.69 Å². The monoisotopic (exact) mass is 510 g/mol. The van der Waals surface area contributed by atoms with Crippen molar-refractivity contribution in [2.45, 2.75) is 50.2 Å². The molecular weight excluding hydrogens is 480 g/mol. The maximum absolute atomic E-state index is 14.2. The van der Waals surface area contributed by atoms with E-state index < -0.39 is 0 Å². The van der Waals surface area contributed by atoms with Crippen molar-refractivity contribution >= 4 is 28.5 Å². The molecule has 3 aliphatic rings. The van der Waals surface area contributed by atoms with Gasteiger partial charge in [-0.05, 0) is 49.1 Å². The van der Waals surface area contributed by atoms with Gasteiger partial charge >= 0.3 is 0 Å². The van der Waals surface area contributed by atoms with Gasteiger partial charge in [0, 0.05) is 42.1 Å². The maximum Gasteiger partial charge on any atom is 0.251 e. The molecule has 4 aromatic rings. The summed E-state index contributed by atoms with van der Waals surface area (Å²) in [6.07, 6.45) is 8.08. The van der Waals surface area contributed by atoms with Crippen molar-refractivity contribution in [3.8, 4) is 0 Å². The largest absolute Gasteiger partial charge is 0.375 e. The second-order valence-electron chi connectivity index (χ2n) is 10.6. The van der Waals surface area contributed by atoms with Crippen molar-refractivity contribution in [3.05, 3.63) is 71.8 Å². The average Bonchev–Trinajstić information content (AvgIpc) is 3.73. The van der Waals surface area contributed by atoms with Crippen LogP contribution in [0.5, 0.6) is 0 Å². The Morgan fingerprint density at radius 1 is 1.00 bits per heavy atom. The molecule has 10 heteroatoms. The van der Waals surface area contributed by atoms with Crippen LogP contribution in [-0.4, -0.2) is 54.7 Å². The lowest BCUT2D eigenvalue weighted by Gasteiger charge is -2.41. The summed E-state index contributed by atoms with van der Waals surface area (Å²) in [7, 11) is 0. The highest BCUT2D eigenvalue weighted by molar-refractivity contribution is 5.97. The van der Waals surface area contributed by atoms with E-state index >= 15 is 0 Å². The molecule has 194 valence electrons. The predicted octanol–water partition coefficient (Wildman–Crippen LogP) is 3.73. The number of aromatic amines is 2. The molecule has 1 saturated carbocycles. The molecule has 10 nitrogen and oxygen atoms in total. The second-order valence-corrected chi connectivity index (χ2v) is 10.6. The second kappa shape index (κ2) is 9.27. The lowest BCUT2D eigenvalue weighted by molar-refractivity contribution is -0.138. The van der Waals surface area contributed by atoms with Crippen LogP contribution >= 0.6 is 0 Å². The molecule has 2 fully saturated rings. The Labute approximate surface area is 219 Å². The molecule has 0 unspecified atom stereocenters. The quantitative estimate of drug-likeness (QED) is 0.331. The zero-order valence-electron chi connectivity index (χ0n) is 20.9. The van der Waals surface area contributed by atoms with Crippen LogP contribution in [0.1, 0.15) is 65.9 Å². The Balaban J connectivity index is 1.15. The van der Waals surface area contributed by atoms with Crippen molar-refractivity contribution < 1.29 is 9.59 Å². The first-order valence-electron chi connectivity index (χ1n) is 13.4. The van der Waals surface area contributed by atoms with E-state index in [1.54, 1.807) is 24.4 Å². The molecule has 5 atom stereocenters. The van der Waals surface area contributed by atoms with Gasteiger partial charge in [0.1, 0.15) is 16.9 Å². The minimum atomic E-state index is -0.244. The third-order valence-corrected chi connectivity index (χ3v) is 8.54. The highest BCUT2D eigenvalue weighted by Gasteiger charge is 2.49. The molecule has 1 saturated heterocycles. The molecule has 2 aromatic heterocycles. The fraction of sp³-hybridized carbons (Fsp3) is 0.393. The minimum absolute atomic E-state index is 0.0102. The fourth-order valence-electron chi connectivity index (χ4n) is 6.74. The predicted molar refractivity (Wildman–Crippen MR) is 141 cm³/mol. The minimum Gasteiger partial charge on any atom is -0.375 e. The van der Waals surface area contributed by atoms with Crippen LogP contribution in [0.15, 0.2) is 54.9 Å². The number of rotatable bonds is 4. The van der Waals surface area contributed by atoms with E-state index in [-0.39, 0.29) is 41.8 Å². The number of amides is 2. The number of para-hydroxylation sites is 1. The molecule has 4 N–H and O–H groups in total. The van der Waals surface area contributed by atoms with Gasteiger partial charge in [0.2, 0.25) is 5.91 Å². The molecule has 2 aromatic carbocycles. The van der Waals surface area contributed by atoms with Crippen molar-refractivity contribution in [2.75, 3.05) is 11.9 Å². The van der Waals surface area contributed by atoms with Gasteiger partial charge in [-0.25, -0.2) is 4.98 Å². The number of hydrogen-bond donors (Lipinski definition) is 4. The zero-order valence-corrected chi connectivity index (χ0v) is 20.9. The van der Waals surface area contributed by atoms with E-state index in [1.165, 1.54) is 0 Å². The Morgan fingerprint density at radius 2 is 1.87 bits per heavy atom. The van der Waals surface area contributed by atoms with Gasteiger partial charge in [0.15, 0.2) is 0 Å². The summed E-state index contributed by atoms with van der Waals surface area (Å²) in [6.45, 7) is 0.696. The highest BCUT2D eigenvalue weighted by atomic mass is 16.2. The van der Waals surface area contributed by atoms with E-state index in [0.29, 0.717) is 23.1 Å². The van der Waals surface area contributed by atoms with Gasteiger partial charge in [0.25, 0.3) is 5.91 Å². The Bertz CT molecular complexity index is 1480. The number of likely N-dealkylation sites (tertiary alicyclic amines) is 1. The summed E-state index contributed by atoms with van der Waals surface area (Å²) >= 11 is 0. The third-order valence-electron chi connectivity index (χ3n) is 8.54. The molecule has 0 radical (unpaired) electrons. The number of carbonyl (C=O) groups is 2. The van der Waals surface area contributed by atoms with Crippen LogP contribution in [0.3, 0.4) is 0 Å². The summed E-state index contributed by atoms with van der Waals surface area (Å²) < 4.78 is 0. The molecule has 0 bridgehead atoms. The number of aromatic nitrogens is 5. The summed E-state index contributed by atoms with van der Waals surface area (Å²) in [4.78, 5) is 37.4. The number of benzene rings is 2. The van der Waals surface area contributed by atoms with Gasteiger partial charge in [0.05, 0.1) is 18.0 Å². The lowest BCUT2D eigenvalue weighted by atomic mass is 9.80. The van der Waals surface area contributed by atoms with E-state index in [1.807, 2.05) is 18.3 Å². The maximum atomic E-state index is 14.2. The number of nitrogens with zero attached hydrogens (tertiary/aromatic N) is 4. The first-order valence-corrected chi connectivity index (χ1v) is 13.4. The molecule has 0 spiro atoms. The summed E-state index contributed by atoms with van der Waals surface area (Å²) in [5.41, 5.74) is 4.09. The zero-order chi connectivity index (χ0) is 25.6. The molecule has 1 aliphatic carbocycles. The topological polar surface area (TPSA) is 132 Å². The van der Waals surface area contributed by atoms with Gasteiger partial charge in [-0.1, -0.05) is 31.0 Å². The molecule has 38 heavy (non-hydrogen) atoms. The smallest absolute Gasteiger partial charge is 0.251 e. The Hall–Kier alpha value is -4.21. The number of anilines is 1. The van der Waals surface area contributed by atoms with Gasteiger partial charge in [-0.15, -0.1) is 0 Å². The highest BCUT2D eigenvalue weighted by Crippen LogP contribution is 2.51. The first kappa shape index (κ1) is 22.9. The third kappa shape index (κ3) is 3.82. The van der Waals surface area contributed by atoms with E-state index in [9.17, 15) is 9.59 Å². The lowest BCUT2D eigenvalue weighted by Crippen LogP contribution is -2.50.